The fourth-order valence-corrected chi connectivity index (χ4v) is 5.73. The summed E-state index contributed by atoms with van der Waals surface area (Å²) in [7, 11) is -3.71. The van der Waals surface area contributed by atoms with Gasteiger partial charge in [-0.2, -0.15) is 0 Å². The number of hydrogen-bond donors (Lipinski definition) is 4. The van der Waals surface area contributed by atoms with E-state index < -0.39 is 58.3 Å². The molecular weight excluding hydrogens is 517 g/mol. The van der Waals surface area contributed by atoms with Gasteiger partial charge in [0.05, 0.1) is 20.6 Å². The van der Waals surface area contributed by atoms with Crippen LogP contribution in [0.4, 0.5) is 5.69 Å². The van der Waals surface area contributed by atoms with Crippen LogP contribution in [0.25, 0.3) is 0 Å². The van der Waals surface area contributed by atoms with Crippen molar-refractivity contribution in [1.29, 1.82) is 0 Å². The number of nitrogens with zero attached hydrogens (tertiary/aromatic N) is 1. The van der Waals surface area contributed by atoms with Crippen molar-refractivity contribution in [2.75, 3.05) is 10.8 Å². The molecule has 1 amide bonds. The van der Waals surface area contributed by atoms with E-state index in [9.17, 15) is 33.3 Å². The van der Waals surface area contributed by atoms with Gasteiger partial charge >= 0.3 is 5.97 Å². The highest BCUT2D eigenvalue weighted by Gasteiger charge is 2.48. The van der Waals surface area contributed by atoms with Crippen LogP contribution in [-0.2, 0) is 19.4 Å². The molecule has 11 nitrogen and oxygen atoms in total. The van der Waals surface area contributed by atoms with Crippen LogP contribution in [0, 0.1) is 0 Å². The first-order valence-electron chi connectivity index (χ1n) is 9.64. The van der Waals surface area contributed by atoms with Gasteiger partial charge in [-0.1, -0.05) is 35.3 Å². The monoisotopic (exact) mass is 533 g/mol. The molecule has 5 atom stereocenters. The average Bonchev–Trinajstić information content (AvgIpc) is 3.06. The molecule has 182 valence electrons. The molecule has 0 aliphatic carbocycles. The standard InChI is InChI=1S/C20H17Cl2NO10S/c21-9-5-8(18(27)23-7-34(30,31)12-4-2-1-3-11(12)23)6-10(22)16(9)32-20-15(26)13(24)14(25)17(33-20)19(28)29/h1-6,13-15,17,20,24-26H,7H2,(H,28,29)/t13-,14-,15+,17-,20+/m0/s1. The first kappa shape index (κ1) is 24.7. The van der Waals surface area contributed by atoms with E-state index in [0.717, 1.165) is 17.0 Å². The number of fused-ring (bicyclic) bond motifs is 1. The number of aliphatic hydroxyl groups excluding tert-OH is 3. The minimum absolute atomic E-state index is 0.0117. The number of carbonyl (C=O) groups is 2. The van der Waals surface area contributed by atoms with Gasteiger partial charge < -0.3 is 29.9 Å². The largest absolute Gasteiger partial charge is 0.479 e. The minimum Gasteiger partial charge on any atom is -0.479 e. The van der Waals surface area contributed by atoms with Crippen LogP contribution in [0.5, 0.6) is 5.75 Å². The highest BCUT2D eigenvalue weighted by atomic mass is 35.5. The second-order valence-corrected chi connectivity index (χ2v) is 10.3. The van der Waals surface area contributed by atoms with Gasteiger partial charge in [-0.3, -0.25) is 9.69 Å². The van der Waals surface area contributed by atoms with Crippen molar-refractivity contribution >= 4 is 50.6 Å². The zero-order valence-corrected chi connectivity index (χ0v) is 19.2. The summed E-state index contributed by atoms with van der Waals surface area (Å²) in [5.41, 5.74) is 0.129. The van der Waals surface area contributed by atoms with Crippen molar-refractivity contribution in [3.8, 4) is 5.75 Å². The Morgan fingerprint density at radius 2 is 1.65 bits per heavy atom. The van der Waals surface area contributed by atoms with Gasteiger partial charge in [0.2, 0.25) is 6.29 Å². The van der Waals surface area contributed by atoms with Crippen LogP contribution in [0.1, 0.15) is 10.4 Å². The Balaban J connectivity index is 1.61. The second kappa shape index (κ2) is 8.96. The smallest absolute Gasteiger partial charge is 0.335 e. The molecule has 2 aromatic carbocycles. The Labute approximate surface area is 202 Å². The zero-order valence-electron chi connectivity index (χ0n) is 16.9. The van der Waals surface area contributed by atoms with Crippen molar-refractivity contribution in [2.45, 2.75) is 35.6 Å². The number of carbonyl (C=O) groups excluding carboxylic acids is 1. The fourth-order valence-electron chi connectivity index (χ4n) is 3.64. The van der Waals surface area contributed by atoms with E-state index in [1.165, 1.54) is 18.2 Å². The minimum atomic E-state index is -3.71. The molecule has 0 aromatic heterocycles. The lowest BCUT2D eigenvalue weighted by atomic mass is 9.99. The molecular formula is C20H17Cl2NO10S. The summed E-state index contributed by atoms with van der Waals surface area (Å²) in [5, 5.41) is 38.5. The third kappa shape index (κ3) is 4.22. The fraction of sp³-hybridized carbons (Fsp3) is 0.300. The van der Waals surface area contributed by atoms with E-state index in [2.05, 4.69) is 0 Å². The quantitative estimate of drug-likeness (QED) is 0.437. The number of carboxylic acid groups (broad SMARTS) is 1. The lowest BCUT2D eigenvalue weighted by molar-refractivity contribution is -0.271. The lowest BCUT2D eigenvalue weighted by Crippen LogP contribution is -2.61. The SMILES string of the molecule is O=C(O)[C@H]1O[C@@H](Oc2c(Cl)cc(C(=O)N3CS(=O)(=O)c4ccccc43)cc2Cl)[C@H](O)[C@@H](O)[C@@H]1O. The number of amides is 1. The summed E-state index contributed by atoms with van der Waals surface area (Å²) in [6, 6.07) is 8.29. The maximum absolute atomic E-state index is 13.1. The van der Waals surface area contributed by atoms with Crippen molar-refractivity contribution in [2.24, 2.45) is 0 Å². The maximum atomic E-state index is 13.1. The van der Waals surface area contributed by atoms with Crippen molar-refractivity contribution in [3.05, 3.63) is 52.0 Å². The van der Waals surface area contributed by atoms with Gasteiger partial charge in [0.15, 0.2) is 21.7 Å². The second-order valence-electron chi connectivity index (χ2n) is 7.57. The van der Waals surface area contributed by atoms with Crippen molar-refractivity contribution in [3.63, 3.8) is 0 Å². The molecule has 1 fully saturated rings. The molecule has 2 heterocycles. The Bertz CT molecular complexity index is 1250. The Morgan fingerprint density at radius 1 is 1.03 bits per heavy atom. The van der Waals surface area contributed by atoms with Crippen molar-refractivity contribution < 1.29 is 47.9 Å². The molecule has 2 aliphatic rings. The predicted molar refractivity (Wildman–Crippen MR) is 117 cm³/mol. The molecule has 14 heteroatoms. The molecule has 34 heavy (non-hydrogen) atoms. The molecule has 2 aromatic rings. The number of rotatable bonds is 4. The molecule has 0 radical (unpaired) electrons. The van der Waals surface area contributed by atoms with E-state index in [-0.39, 0.29) is 31.9 Å². The van der Waals surface area contributed by atoms with Crippen LogP contribution >= 0.6 is 23.2 Å². The van der Waals surface area contributed by atoms with Crippen LogP contribution in [0.3, 0.4) is 0 Å². The van der Waals surface area contributed by atoms with Gasteiger partial charge in [0, 0.05) is 5.56 Å². The number of hydrogen-bond acceptors (Lipinski definition) is 9. The van der Waals surface area contributed by atoms with E-state index >= 15 is 0 Å². The van der Waals surface area contributed by atoms with E-state index in [4.69, 9.17) is 37.8 Å². The molecule has 4 N–H and O–H groups in total. The van der Waals surface area contributed by atoms with Crippen molar-refractivity contribution in [1.82, 2.24) is 0 Å². The highest BCUT2D eigenvalue weighted by Crippen LogP contribution is 2.39. The first-order chi connectivity index (χ1) is 15.9. The summed E-state index contributed by atoms with van der Waals surface area (Å²) in [4.78, 5) is 25.4. The Hall–Kier alpha value is -2.45. The summed E-state index contributed by atoms with van der Waals surface area (Å²) >= 11 is 12.4. The zero-order chi connectivity index (χ0) is 24.9. The van der Waals surface area contributed by atoms with Crippen LogP contribution in [0.2, 0.25) is 10.0 Å². The number of benzene rings is 2. The summed E-state index contributed by atoms with van der Waals surface area (Å²) < 4.78 is 35.2. The van der Waals surface area contributed by atoms with Gasteiger partial charge in [-0.25, -0.2) is 13.2 Å². The number of ether oxygens (including phenoxy) is 2. The molecule has 0 saturated carbocycles. The maximum Gasteiger partial charge on any atom is 0.335 e. The van der Waals surface area contributed by atoms with Crippen LogP contribution in [-0.4, -0.2) is 77.3 Å². The van der Waals surface area contributed by atoms with Gasteiger partial charge in [0.25, 0.3) is 5.91 Å². The van der Waals surface area contributed by atoms with Crippen LogP contribution in [0.15, 0.2) is 41.3 Å². The molecule has 1 saturated heterocycles. The number of anilines is 1. The molecule has 0 spiro atoms. The third-order valence-corrected chi connectivity index (χ3v) is 7.50. The van der Waals surface area contributed by atoms with E-state index in [0.29, 0.717) is 0 Å². The number of para-hydroxylation sites is 1. The van der Waals surface area contributed by atoms with E-state index in [1.807, 2.05) is 0 Å². The summed E-state index contributed by atoms with van der Waals surface area (Å²) in [6.45, 7) is 0. The topological polar surface area (TPSA) is 171 Å². The van der Waals surface area contributed by atoms with E-state index in [1.54, 1.807) is 6.07 Å². The summed E-state index contributed by atoms with van der Waals surface area (Å²) in [5.74, 6) is -3.18. The van der Waals surface area contributed by atoms with Crippen LogP contribution < -0.4 is 9.64 Å². The number of halogens is 2. The molecule has 0 bridgehead atoms. The Kier molecular flexibility index (Phi) is 6.50. The summed E-state index contributed by atoms with van der Waals surface area (Å²) in [6.07, 6.45) is -9.36. The molecule has 4 rings (SSSR count). The number of sulfone groups is 1. The molecule has 0 unspecified atom stereocenters. The number of aliphatic hydroxyl groups is 3. The number of carboxylic acids is 1. The normalized spacial score (nSPS) is 27.8. The Morgan fingerprint density at radius 3 is 2.26 bits per heavy atom. The number of aliphatic carboxylic acids is 1. The van der Waals surface area contributed by atoms with Gasteiger partial charge in [0.1, 0.15) is 24.2 Å². The average molecular weight is 534 g/mol. The van der Waals surface area contributed by atoms with Gasteiger partial charge in [-0.05, 0) is 24.3 Å². The molecule has 2 aliphatic heterocycles. The third-order valence-electron chi connectivity index (χ3n) is 5.33. The lowest BCUT2D eigenvalue weighted by Gasteiger charge is -2.38. The van der Waals surface area contributed by atoms with Gasteiger partial charge in [-0.15, -0.1) is 0 Å². The first-order valence-corrected chi connectivity index (χ1v) is 12.0. The highest BCUT2D eigenvalue weighted by molar-refractivity contribution is 7.92. The predicted octanol–water partition coefficient (Wildman–Crippen LogP) is 0.656.